The van der Waals surface area contributed by atoms with Gasteiger partial charge in [-0.3, -0.25) is 0 Å². The summed E-state index contributed by atoms with van der Waals surface area (Å²) in [7, 11) is 0. The molecule has 0 saturated carbocycles. The maximum absolute atomic E-state index is 12.8. The van der Waals surface area contributed by atoms with Crippen molar-refractivity contribution in [2.45, 2.75) is 12.8 Å². The van der Waals surface area contributed by atoms with Crippen molar-refractivity contribution in [3.05, 3.63) is 24.3 Å². The lowest BCUT2D eigenvalue weighted by Crippen LogP contribution is -2.22. The fourth-order valence-electron chi connectivity index (χ4n) is 1.73. The van der Waals surface area contributed by atoms with Gasteiger partial charge >= 0.3 is 0 Å². The number of halogens is 1. The maximum Gasteiger partial charge on any atom is 0.214 e. The zero-order valence-electron chi connectivity index (χ0n) is 8.58. The minimum absolute atomic E-state index is 0.438. The summed E-state index contributed by atoms with van der Waals surface area (Å²) in [5, 5.41) is 3.22. The van der Waals surface area contributed by atoms with Crippen LogP contribution in [0.2, 0.25) is 0 Å². The Balaban J connectivity index is 1.81. The molecule has 1 saturated heterocycles. The fraction of sp³-hybridized carbons (Fsp3) is 0.545. The molecule has 0 spiro atoms. The average molecular weight is 210 g/mol. The second-order valence-corrected chi connectivity index (χ2v) is 3.80. The molecule has 0 radical (unpaired) electrons. The summed E-state index contributed by atoms with van der Waals surface area (Å²) >= 11 is 0. The van der Waals surface area contributed by atoms with Gasteiger partial charge in [0, 0.05) is 37.7 Å². The van der Waals surface area contributed by atoms with E-state index in [9.17, 15) is 4.39 Å². The number of rotatable bonds is 3. The molecule has 15 heavy (non-hydrogen) atoms. The van der Waals surface area contributed by atoms with Crippen molar-refractivity contribution in [2.24, 2.45) is 5.92 Å². The monoisotopic (exact) mass is 210 g/mol. The van der Waals surface area contributed by atoms with Gasteiger partial charge in [0.1, 0.15) is 0 Å². The topological polar surface area (TPSA) is 34.1 Å². The third-order valence-electron chi connectivity index (χ3n) is 2.66. The predicted molar refractivity (Wildman–Crippen MR) is 56.2 cm³/mol. The molecule has 0 aliphatic carbocycles. The summed E-state index contributed by atoms with van der Waals surface area (Å²) in [6.07, 6.45) is 3.64. The number of anilines is 1. The van der Waals surface area contributed by atoms with Crippen molar-refractivity contribution < 1.29 is 9.13 Å². The lowest BCUT2D eigenvalue weighted by molar-refractivity contribution is 0.0699. The van der Waals surface area contributed by atoms with Crippen LogP contribution < -0.4 is 5.32 Å². The van der Waals surface area contributed by atoms with Gasteiger partial charge in [-0.05, 0) is 24.8 Å². The minimum atomic E-state index is -0.438. The van der Waals surface area contributed by atoms with E-state index < -0.39 is 5.95 Å². The van der Waals surface area contributed by atoms with Crippen molar-refractivity contribution in [1.82, 2.24) is 4.98 Å². The molecule has 82 valence electrons. The number of hydrogen-bond donors (Lipinski definition) is 1. The quantitative estimate of drug-likeness (QED) is 0.775. The highest BCUT2D eigenvalue weighted by Gasteiger charge is 2.13. The van der Waals surface area contributed by atoms with E-state index >= 15 is 0 Å². The van der Waals surface area contributed by atoms with Gasteiger partial charge in [-0.25, -0.2) is 4.98 Å². The van der Waals surface area contributed by atoms with Crippen LogP contribution in [0, 0.1) is 11.9 Å². The van der Waals surface area contributed by atoms with Gasteiger partial charge in [0.25, 0.3) is 0 Å². The summed E-state index contributed by atoms with van der Waals surface area (Å²) in [5.74, 6) is 0.196. The van der Waals surface area contributed by atoms with Crippen molar-refractivity contribution >= 4 is 5.69 Å². The van der Waals surface area contributed by atoms with E-state index in [2.05, 4.69) is 10.3 Å². The van der Waals surface area contributed by atoms with E-state index in [1.54, 1.807) is 6.07 Å². The highest BCUT2D eigenvalue weighted by molar-refractivity contribution is 5.41. The van der Waals surface area contributed by atoms with Crippen molar-refractivity contribution in [3.63, 3.8) is 0 Å². The van der Waals surface area contributed by atoms with E-state index in [1.807, 2.05) is 0 Å². The first-order valence-electron chi connectivity index (χ1n) is 5.28. The van der Waals surface area contributed by atoms with Crippen LogP contribution in [-0.2, 0) is 4.74 Å². The average Bonchev–Trinajstić information content (AvgIpc) is 2.28. The molecule has 0 atom stereocenters. The lowest BCUT2D eigenvalue weighted by atomic mass is 10.0. The molecule has 1 fully saturated rings. The maximum atomic E-state index is 12.8. The summed E-state index contributed by atoms with van der Waals surface area (Å²) < 4.78 is 18.0. The van der Waals surface area contributed by atoms with Crippen molar-refractivity contribution in [3.8, 4) is 0 Å². The first-order valence-corrected chi connectivity index (χ1v) is 5.28. The highest BCUT2D eigenvalue weighted by Crippen LogP contribution is 2.16. The third kappa shape index (κ3) is 3.16. The molecule has 0 amide bonds. The first-order chi connectivity index (χ1) is 7.34. The highest BCUT2D eigenvalue weighted by atomic mass is 19.1. The number of aromatic nitrogens is 1. The Bertz CT molecular complexity index is 313. The Morgan fingerprint density at radius 2 is 2.27 bits per heavy atom. The zero-order chi connectivity index (χ0) is 10.5. The molecule has 3 nitrogen and oxygen atoms in total. The predicted octanol–water partition coefficient (Wildman–Crippen LogP) is 2.06. The summed E-state index contributed by atoms with van der Waals surface area (Å²) in [6.45, 7) is 2.57. The molecular weight excluding hydrogens is 195 g/mol. The van der Waals surface area contributed by atoms with Crippen LogP contribution in [-0.4, -0.2) is 24.7 Å². The van der Waals surface area contributed by atoms with E-state index in [4.69, 9.17) is 4.74 Å². The normalized spacial score (nSPS) is 17.7. The van der Waals surface area contributed by atoms with Crippen molar-refractivity contribution in [1.29, 1.82) is 0 Å². The molecule has 1 aromatic rings. The molecule has 1 aliphatic rings. The number of nitrogens with one attached hydrogen (secondary N) is 1. The molecule has 1 N–H and O–H groups in total. The Morgan fingerprint density at radius 3 is 3.00 bits per heavy atom. The van der Waals surface area contributed by atoms with Crippen LogP contribution >= 0.6 is 0 Å². The molecule has 0 bridgehead atoms. The van der Waals surface area contributed by atoms with Crippen LogP contribution in [0.1, 0.15) is 12.8 Å². The van der Waals surface area contributed by atoms with Crippen LogP contribution in [0.15, 0.2) is 18.3 Å². The van der Waals surface area contributed by atoms with E-state index in [0.29, 0.717) is 5.92 Å². The van der Waals surface area contributed by atoms with Crippen LogP contribution in [0.4, 0.5) is 10.1 Å². The second-order valence-electron chi connectivity index (χ2n) is 3.80. The number of nitrogens with zero attached hydrogens (tertiary/aromatic N) is 1. The summed E-state index contributed by atoms with van der Waals surface area (Å²) in [5.41, 5.74) is 0.800. The molecule has 0 unspecified atom stereocenters. The van der Waals surface area contributed by atoms with Gasteiger partial charge in [0.05, 0.1) is 0 Å². The van der Waals surface area contributed by atoms with Crippen LogP contribution in [0.5, 0.6) is 0 Å². The minimum Gasteiger partial charge on any atom is -0.385 e. The number of hydrogen-bond acceptors (Lipinski definition) is 3. The second kappa shape index (κ2) is 5.07. The lowest BCUT2D eigenvalue weighted by Gasteiger charge is -2.22. The van der Waals surface area contributed by atoms with Gasteiger partial charge in [-0.1, -0.05) is 0 Å². The Morgan fingerprint density at radius 1 is 1.47 bits per heavy atom. The van der Waals surface area contributed by atoms with E-state index in [-0.39, 0.29) is 0 Å². The fourth-order valence-corrected chi connectivity index (χ4v) is 1.73. The van der Waals surface area contributed by atoms with E-state index in [1.165, 1.54) is 12.3 Å². The van der Waals surface area contributed by atoms with Gasteiger partial charge < -0.3 is 10.1 Å². The largest absolute Gasteiger partial charge is 0.385 e. The van der Waals surface area contributed by atoms with Crippen LogP contribution in [0.25, 0.3) is 0 Å². The molecule has 2 rings (SSSR count). The zero-order valence-corrected chi connectivity index (χ0v) is 8.58. The smallest absolute Gasteiger partial charge is 0.214 e. The SMILES string of the molecule is Fc1cc(NCC2CCOCC2)ccn1. The van der Waals surface area contributed by atoms with Gasteiger partial charge in [-0.15, -0.1) is 0 Å². The van der Waals surface area contributed by atoms with Gasteiger partial charge in [0.2, 0.25) is 5.95 Å². The van der Waals surface area contributed by atoms with Gasteiger partial charge in [0.15, 0.2) is 0 Å². The Labute approximate surface area is 88.7 Å². The standard InChI is InChI=1S/C11H15FN2O/c12-11-7-10(1-4-13-11)14-8-9-2-5-15-6-3-9/h1,4,7,9H,2-3,5-6,8H2,(H,13,14). The molecule has 1 aliphatic heterocycles. The van der Waals surface area contributed by atoms with Crippen LogP contribution in [0.3, 0.4) is 0 Å². The molecule has 1 aromatic heterocycles. The van der Waals surface area contributed by atoms with E-state index in [0.717, 1.165) is 38.3 Å². The summed E-state index contributed by atoms with van der Waals surface area (Å²) in [6, 6.07) is 3.20. The Hall–Kier alpha value is -1.16. The third-order valence-corrected chi connectivity index (χ3v) is 2.66. The molecular formula is C11H15FN2O. The van der Waals surface area contributed by atoms with Gasteiger partial charge in [-0.2, -0.15) is 4.39 Å². The summed E-state index contributed by atoms with van der Waals surface area (Å²) in [4.78, 5) is 3.51. The molecule has 4 heteroatoms. The Kier molecular flexibility index (Phi) is 3.50. The molecule has 0 aromatic carbocycles. The number of ether oxygens (including phenoxy) is 1. The van der Waals surface area contributed by atoms with Crippen molar-refractivity contribution in [2.75, 3.05) is 25.1 Å². The molecule has 2 heterocycles. The first kappa shape index (κ1) is 10.4. The number of pyridine rings is 1.